The zero-order valence-corrected chi connectivity index (χ0v) is 13.9. The zero-order chi connectivity index (χ0) is 16.7. The highest BCUT2D eigenvalue weighted by atomic mass is 19.1. The first-order valence-electron chi connectivity index (χ1n) is 8.60. The van der Waals surface area contributed by atoms with Crippen molar-refractivity contribution in [2.45, 2.75) is 31.1 Å². The summed E-state index contributed by atoms with van der Waals surface area (Å²) < 4.78 is 16.0. The third kappa shape index (κ3) is 2.62. The van der Waals surface area contributed by atoms with Crippen molar-refractivity contribution < 1.29 is 9.18 Å². The summed E-state index contributed by atoms with van der Waals surface area (Å²) in [6.07, 6.45) is 7.41. The van der Waals surface area contributed by atoms with Crippen LogP contribution in [0.1, 0.15) is 30.4 Å². The van der Waals surface area contributed by atoms with Crippen LogP contribution < -0.4 is 0 Å². The predicted octanol–water partition coefficient (Wildman–Crippen LogP) is 2.68. The monoisotopic (exact) mass is 327 g/mol. The van der Waals surface area contributed by atoms with Crippen molar-refractivity contribution in [2.75, 3.05) is 13.1 Å². The van der Waals surface area contributed by atoms with Crippen LogP contribution in [0.25, 0.3) is 0 Å². The third-order valence-electron chi connectivity index (χ3n) is 5.40. The van der Waals surface area contributed by atoms with Crippen molar-refractivity contribution >= 4 is 5.91 Å². The van der Waals surface area contributed by atoms with Gasteiger partial charge in [-0.1, -0.05) is 18.2 Å². The van der Waals surface area contributed by atoms with Gasteiger partial charge in [0.2, 0.25) is 5.91 Å². The Bertz CT molecular complexity index is 765. The van der Waals surface area contributed by atoms with Crippen molar-refractivity contribution in [1.82, 2.24) is 14.7 Å². The van der Waals surface area contributed by atoms with Gasteiger partial charge in [0.1, 0.15) is 5.82 Å². The van der Waals surface area contributed by atoms with Gasteiger partial charge in [-0.15, -0.1) is 0 Å². The molecule has 0 radical (unpaired) electrons. The largest absolute Gasteiger partial charge is 0.342 e. The number of amides is 1. The van der Waals surface area contributed by atoms with Crippen LogP contribution in [0.3, 0.4) is 0 Å². The Morgan fingerprint density at radius 3 is 2.83 bits per heavy atom. The molecule has 1 aromatic heterocycles. The van der Waals surface area contributed by atoms with Crippen molar-refractivity contribution in [3.8, 4) is 0 Å². The van der Waals surface area contributed by atoms with Crippen molar-refractivity contribution in [2.24, 2.45) is 13.0 Å². The van der Waals surface area contributed by atoms with Crippen LogP contribution in [-0.2, 0) is 23.7 Å². The van der Waals surface area contributed by atoms with E-state index in [-0.39, 0.29) is 11.7 Å². The van der Waals surface area contributed by atoms with Gasteiger partial charge in [0.25, 0.3) is 0 Å². The van der Waals surface area contributed by atoms with E-state index in [9.17, 15) is 9.18 Å². The van der Waals surface area contributed by atoms with E-state index in [0.29, 0.717) is 11.5 Å². The second-order valence-electron chi connectivity index (χ2n) is 7.19. The maximum absolute atomic E-state index is 14.2. The standard InChI is InChI=1S/C19H22FN3O/c1-22-12-15(11-21-22)10-14-6-9-23(13-14)18(24)19(7-8-19)16-4-2-3-5-17(16)20/h2-5,11-12,14H,6-10,13H2,1H3/t14-/m1/s1. The fourth-order valence-corrected chi connectivity index (χ4v) is 3.97. The number of rotatable bonds is 4. The van der Waals surface area contributed by atoms with E-state index >= 15 is 0 Å². The minimum absolute atomic E-state index is 0.112. The van der Waals surface area contributed by atoms with Gasteiger partial charge in [0.05, 0.1) is 11.6 Å². The average Bonchev–Trinajstić information content (AvgIpc) is 3.07. The number of aryl methyl sites for hydroxylation is 1. The van der Waals surface area contributed by atoms with E-state index < -0.39 is 5.41 Å². The first-order valence-corrected chi connectivity index (χ1v) is 8.60. The molecular weight excluding hydrogens is 305 g/mol. The first-order chi connectivity index (χ1) is 11.6. The number of carbonyl (C=O) groups excluding carboxylic acids is 1. The molecule has 126 valence electrons. The van der Waals surface area contributed by atoms with Gasteiger partial charge in [0, 0.05) is 31.9 Å². The van der Waals surface area contributed by atoms with Crippen molar-refractivity contribution in [3.63, 3.8) is 0 Å². The molecule has 0 unspecified atom stereocenters. The van der Waals surface area contributed by atoms with Crippen LogP contribution in [-0.4, -0.2) is 33.7 Å². The number of hydrogen-bond acceptors (Lipinski definition) is 2. The molecule has 1 atom stereocenters. The van der Waals surface area contributed by atoms with Gasteiger partial charge in [-0.05, 0) is 43.2 Å². The number of nitrogens with zero attached hydrogens (tertiary/aromatic N) is 3. The molecule has 1 saturated heterocycles. The lowest BCUT2D eigenvalue weighted by Gasteiger charge is -2.24. The van der Waals surface area contributed by atoms with E-state index in [1.807, 2.05) is 35.1 Å². The van der Waals surface area contributed by atoms with E-state index in [0.717, 1.165) is 38.8 Å². The van der Waals surface area contributed by atoms with Crippen LogP contribution in [0.5, 0.6) is 0 Å². The second-order valence-corrected chi connectivity index (χ2v) is 7.19. The maximum atomic E-state index is 14.2. The molecule has 0 spiro atoms. The quantitative estimate of drug-likeness (QED) is 0.866. The molecule has 1 aromatic carbocycles. The van der Waals surface area contributed by atoms with Crippen molar-refractivity contribution in [1.29, 1.82) is 0 Å². The molecule has 2 heterocycles. The molecule has 2 aromatic rings. The van der Waals surface area contributed by atoms with E-state index in [1.54, 1.807) is 12.1 Å². The molecule has 0 N–H and O–H groups in total. The molecule has 5 heteroatoms. The average molecular weight is 327 g/mol. The molecular formula is C19H22FN3O. The third-order valence-corrected chi connectivity index (χ3v) is 5.40. The highest BCUT2D eigenvalue weighted by Gasteiger charge is 2.54. The fourth-order valence-electron chi connectivity index (χ4n) is 3.97. The summed E-state index contributed by atoms with van der Waals surface area (Å²) in [6, 6.07) is 6.72. The van der Waals surface area contributed by atoms with Gasteiger partial charge in [-0.2, -0.15) is 5.10 Å². The summed E-state index contributed by atoms with van der Waals surface area (Å²) in [5.74, 6) is 0.324. The molecule has 2 aliphatic rings. The summed E-state index contributed by atoms with van der Waals surface area (Å²) in [5, 5.41) is 4.21. The van der Waals surface area contributed by atoms with Gasteiger partial charge >= 0.3 is 0 Å². The fraction of sp³-hybridized carbons (Fsp3) is 0.474. The summed E-state index contributed by atoms with van der Waals surface area (Å²) in [4.78, 5) is 15.0. The molecule has 4 nitrogen and oxygen atoms in total. The number of likely N-dealkylation sites (tertiary alicyclic amines) is 1. The van der Waals surface area contributed by atoms with Crippen molar-refractivity contribution in [3.05, 3.63) is 53.6 Å². The van der Waals surface area contributed by atoms with Gasteiger partial charge in [-0.3, -0.25) is 9.48 Å². The van der Waals surface area contributed by atoms with Crippen LogP contribution in [0.4, 0.5) is 4.39 Å². The van der Waals surface area contributed by atoms with Crippen LogP contribution in [0.15, 0.2) is 36.7 Å². The number of carbonyl (C=O) groups is 1. The SMILES string of the molecule is Cn1cc(C[C@H]2CCN(C(=O)C3(c4ccccc4F)CC3)C2)cn1. The number of benzene rings is 1. The Kier molecular flexibility index (Phi) is 3.66. The summed E-state index contributed by atoms with van der Waals surface area (Å²) in [7, 11) is 1.92. The lowest BCUT2D eigenvalue weighted by Crippen LogP contribution is -2.38. The molecule has 1 amide bonds. The number of hydrogen-bond donors (Lipinski definition) is 0. The highest BCUT2D eigenvalue weighted by Crippen LogP contribution is 2.51. The molecule has 0 bridgehead atoms. The topological polar surface area (TPSA) is 38.1 Å². The van der Waals surface area contributed by atoms with Crippen LogP contribution in [0, 0.1) is 11.7 Å². The molecule has 1 aliphatic heterocycles. The Labute approximate surface area is 141 Å². The summed E-state index contributed by atoms with van der Waals surface area (Å²) in [5.41, 5.74) is 1.19. The summed E-state index contributed by atoms with van der Waals surface area (Å²) >= 11 is 0. The number of halogens is 1. The highest BCUT2D eigenvalue weighted by molar-refractivity contribution is 5.91. The first kappa shape index (κ1) is 15.4. The Morgan fingerprint density at radius 2 is 2.17 bits per heavy atom. The molecule has 1 aliphatic carbocycles. The molecule has 1 saturated carbocycles. The lowest BCUT2D eigenvalue weighted by atomic mass is 9.93. The maximum Gasteiger partial charge on any atom is 0.233 e. The summed E-state index contributed by atoms with van der Waals surface area (Å²) in [6.45, 7) is 1.55. The zero-order valence-electron chi connectivity index (χ0n) is 13.9. The molecule has 24 heavy (non-hydrogen) atoms. The van der Waals surface area contributed by atoms with Gasteiger partial charge < -0.3 is 4.90 Å². The minimum Gasteiger partial charge on any atom is -0.342 e. The second kappa shape index (κ2) is 5.72. The van der Waals surface area contributed by atoms with E-state index in [4.69, 9.17) is 0 Å². The number of aromatic nitrogens is 2. The Morgan fingerprint density at radius 1 is 1.38 bits per heavy atom. The van der Waals surface area contributed by atoms with E-state index in [1.165, 1.54) is 11.6 Å². The Hall–Kier alpha value is -2.17. The van der Waals surface area contributed by atoms with Crippen LogP contribution >= 0.6 is 0 Å². The minimum atomic E-state index is -0.603. The Balaban J connectivity index is 1.45. The normalized spacial score (nSPS) is 21.9. The van der Waals surface area contributed by atoms with Gasteiger partial charge in [-0.25, -0.2) is 4.39 Å². The smallest absolute Gasteiger partial charge is 0.233 e. The predicted molar refractivity (Wildman–Crippen MR) is 88.9 cm³/mol. The lowest BCUT2D eigenvalue weighted by molar-refractivity contribution is -0.133. The molecule has 4 rings (SSSR count). The van der Waals surface area contributed by atoms with Crippen LogP contribution in [0.2, 0.25) is 0 Å². The molecule has 2 fully saturated rings. The van der Waals surface area contributed by atoms with E-state index in [2.05, 4.69) is 5.10 Å². The van der Waals surface area contributed by atoms with Gasteiger partial charge in [0.15, 0.2) is 0 Å².